The predicted molar refractivity (Wildman–Crippen MR) is 62.5 cm³/mol. The van der Waals surface area contributed by atoms with Crippen molar-refractivity contribution >= 4 is 0 Å². The molecule has 0 aromatic heterocycles. The van der Waals surface area contributed by atoms with Crippen molar-refractivity contribution in [2.75, 3.05) is 26.7 Å². The highest BCUT2D eigenvalue weighted by molar-refractivity contribution is 5.05. The van der Waals surface area contributed by atoms with Crippen LogP contribution in [0, 0.1) is 5.92 Å². The lowest BCUT2D eigenvalue weighted by molar-refractivity contribution is 0.170. The van der Waals surface area contributed by atoms with Crippen LogP contribution in [-0.4, -0.2) is 37.6 Å². The van der Waals surface area contributed by atoms with Crippen LogP contribution in [0.25, 0.3) is 0 Å². The van der Waals surface area contributed by atoms with E-state index in [1.807, 2.05) is 7.05 Å². The first kappa shape index (κ1) is 11.7. The van der Waals surface area contributed by atoms with Gasteiger partial charge < -0.3 is 5.32 Å². The molecule has 2 atom stereocenters. The summed E-state index contributed by atoms with van der Waals surface area (Å²) in [6.45, 7) is 10.4. The van der Waals surface area contributed by atoms with Crippen LogP contribution in [0.2, 0.25) is 0 Å². The molecule has 82 valence electrons. The fourth-order valence-corrected chi connectivity index (χ4v) is 2.14. The minimum Gasteiger partial charge on any atom is -0.319 e. The Labute approximate surface area is 88.4 Å². The van der Waals surface area contributed by atoms with E-state index < -0.39 is 0 Å². The number of nitrogens with zero attached hydrogens (tertiary/aromatic N) is 1. The molecule has 0 bridgehead atoms. The number of rotatable bonds is 4. The minimum absolute atomic E-state index is 0.686. The summed E-state index contributed by atoms with van der Waals surface area (Å²) in [6, 6.07) is 0.686. The van der Waals surface area contributed by atoms with Crippen LogP contribution in [0.3, 0.4) is 0 Å². The molecule has 1 rings (SSSR count). The van der Waals surface area contributed by atoms with Gasteiger partial charge in [0.1, 0.15) is 0 Å². The van der Waals surface area contributed by atoms with Gasteiger partial charge in [-0.25, -0.2) is 0 Å². The van der Waals surface area contributed by atoms with Crippen molar-refractivity contribution in [2.24, 2.45) is 5.92 Å². The molecule has 1 heterocycles. The fraction of sp³-hybridized carbons (Fsp3) is 0.833. The van der Waals surface area contributed by atoms with Crippen molar-refractivity contribution in [1.82, 2.24) is 10.2 Å². The van der Waals surface area contributed by atoms with Gasteiger partial charge in [-0.15, -0.1) is 0 Å². The Bertz CT molecular complexity index is 198. The summed E-state index contributed by atoms with van der Waals surface area (Å²) >= 11 is 0. The zero-order chi connectivity index (χ0) is 10.6. The fourth-order valence-electron chi connectivity index (χ4n) is 2.14. The number of hydrogen-bond acceptors (Lipinski definition) is 2. The van der Waals surface area contributed by atoms with Crippen molar-refractivity contribution in [3.8, 4) is 0 Å². The second-order valence-corrected chi connectivity index (χ2v) is 4.59. The molecule has 14 heavy (non-hydrogen) atoms. The molecule has 0 amide bonds. The molecule has 0 saturated heterocycles. The maximum atomic E-state index is 3.26. The van der Waals surface area contributed by atoms with Crippen LogP contribution in [0.4, 0.5) is 0 Å². The molecular formula is C12H24N2. The molecule has 0 aliphatic carbocycles. The van der Waals surface area contributed by atoms with E-state index >= 15 is 0 Å². The van der Waals surface area contributed by atoms with Crippen molar-refractivity contribution in [3.63, 3.8) is 0 Å². The van der Waals surface area contributed by atoms with Gasteiger partial charge in [0.05, 0.1) is 0 Å². The minimum atomic E-state index is 0.686. The van der Waals surface area contributed by atoms with Gasteiger partial charge in [0.15, 0.2) is 0 Å². The predicted octanol–water partition coefficient (Wildman–Crippen LogP) is 1.88. The first-order chi connectivity index (χ1) is 6.65. The molecule has 0 radical (unpaired) electrons. The van der Waals surface area contributed by atoms with E-state index in [4.69, 9.17) is 0 Å². The number of nitrogens with one attached hydrogen (secondary N) is 1. The summed E-state index contributed by atoms with van der Waals surface area (Å²) in [6.07, 6.45) is 3.59. The van der Waals surface area contributed by atoms with Gasteiger partial charge in [0.25, 0.3) is 0 Å². The van der Waals surface area contributed by atoms with Crippen LogP contribution in [0.5, 0.6) is 0 Å². The Balaban J connectivity index is 2.44. The highest BCUT2D eigenvalue weighted by Crippen LogP contribution is 2.16. The topological polar surface area (TPSA) is 15.3 Å². The highest BCUT2D eigenvalue weighted by atomic mass is 15.2. The first-order valence-electron chi connectivity index (χ1n) is 5.69. The van der Waals surface area contributed by atoms with E-state index in [9.17, 15) is 0 Å². The Hall–Kier alpha value is -0.340. The Morgan fingerprint density at radius 2 is 2.21 bits per heavy atom. The van der Waals surface area contributed by atoms with E-state index in [1.165, 1.54) is 18.5 Å². The van der Waals surface area contributed by atoms with E-state index in [0.717, 1.165) is 19.0 Å². The molecule has 1 N–H and O–H groups in total. The second-order valence-electron chi connectivity index (χ2n) is 4.59. The third-order valence-corrected chi connectivity index (χ3v) is 3.29. The lowest BCUT2D eigenvalue weighted by atomic mass is 9.99. The van der Waals surface area contributed by atoms with Crippen LogP contribution >= 0.6 is 0 Å². The zero-order valence-electron chi connectivity index (χ0n) is 10.0. The van der Waals surface area contributed by atoms with Gasteiger partial charge >= 0.3 is 0 Å². The van der Waals surface area contributed by atoms with E-state index in [0.29, 0.717) is 6.04 Å². The van der Waals surface area contributed by atoms with E-state index in [-0.39, 0.29) is 0 Å². The standard InChI is InChI=1S/C12H24N2/c1-10-6-5-7-14(9-10)12(3)11(2)8-13-4/h6,11-13H,5,7-9H2,1-4H3. The Morgan fingerprint density at radius 1 is 1.50 bits per heavy atom. The Kier molecular flexibility index (Phi) is 4.63. The van der Waals surface area contributed by atoms with Crippen LogP contribution in [0.1, 0.15) is 27.2 Å². The maximum Gasteiger partial charge on any atom is 0.0193 e. The van der Waals surface area contributed by atoms with Gasteiger partial charge in [-0.05, 0) is 39.8 Å². The lowest BCUT2D eigenvalue weighted by Gasteiger charge is -2.35. The third kappa shape index (κ3) is 3.10. The van der Waals surface area contributed by atoms with Gasteiger partial charge in [-0.2, -0.15) is 0 Å². The summed E-state index contributed by atoms with van der Waals surface area (Å²) in [5, 5.41) is 3.26. The third-order valence-electron chi connectivity index (χ3n) is 3.29. The molecule has 0 saturated carbocycles. The summed E-state index contributed by atoms with van der Waals surface area (Å²) in [5.74, 6) is 0.728. The molecule has 0 aromatic carbocycles. The molecular weight excluding hydrogens is 172 g/mol. The molecule has 1 aliphatic rings. The van der Waals surface area contributed by atoms with E-state index in [1.54, 1.807) is 0 Å². The summed E-state index contributed by atoms with van der Waals surface area (Å²) < 4.78 is 0. The van der Waals surface area contributed by atoms with Crippen molar-refractivity contribution in [1.29, 1.82) is 0 Å². The van der Waals surface area contributed by atoms with E-state index in [2.05, 4.69) is 37.1 Å². The zero-order valence-corrected chi connectivity index (χ0v) is 10.0. The van der Waals surface area contributed by atoms with Gasteiger partial charge in [-0.3, -0.25) is 4.90 Å². The molecule has 2 unspecified atom stereocenters. The number of hydrogen-bond donors (Lipinski definition) is 1. The monoisotopic (exact) mass is 196 g/mol. The quantitative estimate of drug-likeness (QED) is 0.691. The van der Waals surface area contributed by atoms with Crippen LogP contribution in [-0.2, 0) is 0 Å². The average Bonchev–Trinajstić information content (AvgIpc) is 2.17. The molecule has 0 spiro atoms. The summed E-state index contributed by atoms with van der Waals surface area (Å²) in [7, 11) is 2.03. The molecule has 0 aromatic rings. The molecule has 2 nitrogen and oxygen atoms in total. The summed E-state index contributed by atoms with van der Waals surface area (Å²) in [5.41, 5.74) is 1.53. The van der Waals surface area contributed by atoms with Gasteiger partial charge in [-0.1, -0.05) is 18.6 Å². The van der Waals surface area contributed by atoms with Crippen molar-refractivity contribution in [3.05, 3.63) is 11.6 Å². The smallest absolute Gasteiger partial charge is 0.0193 e. The van der Waals surface area contributed by atoms with Crippen LogP contribution in [0.15, 0.2) is 11.6 Å². The average molecular weight is 196 g/mol. The summed E-state index contributed by atoms with van der Waals surface area (Å²) in [4.78, 5) is 2.59. The maximum absolute atomic E-state index is 3.26. The highest BCUT2D eigenvalue weighted by Gasteiger charge is 2.20. The Morgan fingerprint density at radius 3 is 2.79 bits per heavy atom. The van der Waals surface area contributed by atoms with Gasteiger partial charge in [0, 0.05) is 19.1 Å². The first-order valence-corrected chi connectivity index (χ1v) is 5.69. The SMILES string of the molecule is CNCC(C)C(C)N1CCC=C(C)C1. The molecule has 0 fully saturated rings. The van der Waals surface area contributed by atoms with Crippen molar-refractivity contribution in [2.45, 2.75) is 33.2 Å². The molecule has 2 heteroatoms. The lowest BCUT2D eigenvalue weighted by Crippen LogP contribution is -2.43. The van der Waals surface area contributed by atoms with Crippen molar-refractivity contribution < 1.29 is 0 Å². The molecule has 1 aliphatic heterocycles. The second kappa shape index (κ2) is 5.52. The van der Waals surface area contributed by atoms with Gasteiger partial charge in [0.2, 0.25) is 0 Å². The normalized spacial score (nSPS) is 23.0. The van der Waals surface area contributed by atoms with Crippen LogP contribution < -0.4 is 5.32 Å². The largest absolute Gasteiger partial charge is 0.319 e.